The number of anilines is 1. The fourth-order valence-corrected chi connectivity index (χ4v) is 2.86. The van der Waals surface area contributed by atoms with Gasteiger partial charge in [-0.1, -0.05) is 23.7 Å². The maximum absolute atomic E-state index is 5.29. The van der Waals surface area contributed by atoms with Gasteiger partial charge in [0.25, 0.3) is 5.89 Å². The van der Waals surface area contributed by atoms with Gasteiger partial charge < -0.3 is 14.7 Å². The molecule has 1 aliphatic heterocycles. The first kappa shape index (κ1) is 14.1. The maximum atomic E-state index is 5.29. The van der Waals surface area contributed by atoms with Crippen molar-refractivity contribution in [2.75, 3.05) is 25.5 Å². The van der Waals surface area contributed by atoms with Gasteiger partial charge in [0.05, 0.1) is 5.56 Å². The average molecular weight is 286 g/mol. The standard InChI is InChI=1S/C16H22N4O/c1-12-18-16(21-19-12)14-8-3-4-9-15(14)17-11-13-7-5-6-10-20(13)2/h3-4,8-9,13,17H,5-7,10-11H2,1-2H3. The van der Waals surface area contributed by atoms with Gasteiger partial charge in [-0.05, 0) is 45.5 Å². The first-order valence-electron chi connectivity index (χ1n) is 7.58. The summed E-state index contributed by atoms with van der Waals surface area (Å²) in [5.41, 5.74) is 2.02. The highest BCUT2D eigenvalue weighted by Gasteiger charge is 2.19. The largest absolute Gasteiger partial charge is 0.383 e. The van der Waals surface area contributed by atoms with E-state index in [1.165, 1.54) is 25.8 Å². The topological polar surface area (TPSA) is 54.2 Å². The summed E-state index contributed by atoms with van der Waals surface area (Å²) in [5.74, 6) is 1.24. The van der Waals surface area contributed by atoms with Gasteiger partial charge in [-0.3, -0.25) is 0 Å². The number of piperidine rings is 1. The van der Waals surface area contributed by atoms with Crippen molar-refractivity contribution in [3.05, 3.63) is 30.1 Å². The van der Waals surface area contributed by atoms with Crippen LogP contribution in [0.2, 0.25) is 0 Å². The zero-order valence-corrected chi connectivity index (χ0v) is 12.7. The van der Waals surface area contributed by atoms with Crippen molar-refractivity contribution in [3.63, 3.8) is 0 Å². The van der Waals surface area contributed by atoms with Gasteiger partial charge in [-0.2, -0.15) is 4.98 Å². The third-order valence-electron chi connectivity index (χ3n) is 4.13. The molecule has 21 heavy (non-hydrogen) atoms. The molecule has 1 aliphatic rings. The normalized spacial score (nSPS) is 19.6. The minimum Gasteiger partial charge on any atom is -0.383 e. The van der Waals surface area contributed by atoms with E-state index in [0.717, 1.165) is 17.8 Å². The van der Waals surface area contributed by atoms with E-state index in [1.807, 2.05) is 25.1 Å². The molecule has 0 amide bonds. The van der Waals surface area contributed by atoms with Crippen molar-refractivity contribution in [1.82, 2.24) is 15.0 Å². The summed E-state index contributed by atoms with van der Waals surface area (Å²) in [4.78, 5) is 6.76. The van der Waals surface area contributed by atoms with Crippen molar-refractivity contribution in [3.8, 4) is 11.5 Å². The second kappa shape index (κ2) is 6.26. The van der Waals surface area contributed by atoms with Crippen molar-refractivity contribution in [1.29, 1.82) is 0 Å². The van der Waals surface area contributed by atoms with E-state index in [2.05, 4.69) is 33.5 Å². The van der Waals surface area contributed by atoms with Crippen LogP contribution in [0.4, 0.5) is 5.69 Å². The van der Waals surface area contributed by atoms with Crippen LogP contribution in [0.25, 0.3) is 11.5 Å². The molecule has 1 unspecified atom stereocenters. The number of aryl methyl sites for hydroxylation is 1. The van der Waals surface area contributed by atoms with E-state index in [1.54, 1.807) is 0 Å². The Bertz CT molecular complexity index is 595. The highest BCUT2D eigenvalue weighted by atomic mass is 16.5. The van der Waals surface area contributed by atoms with E-state index in [9.17, 15) is 0 Å². The molecule has 0 saturated carbocycles. The van der Waals surface area contributed by atoms with Crippen LogP contribution < -0.4 is 5.32 Å². The Labute approximate surface area is 125 Å². The predicted octanol–water partition coefficient (Wildman–Crippen LogP) is 2.94. The van der Waals surface area contributed by atoms with E-state index < -0.39 is 0 Å². The molecule has 0 radical (unpaired) electrons. The lowest BCUT2D eigenvalue weighted by atomic mass is 10.0. The molecule has 1 atom stereocenters. The fourth-order valence-electron chi connectivity index (χ4n) is 2.86. The number of para-hydroxylation sites is 1. The molecule has 112 valence electrons. The van der Waals surface area contributed by atoms with Gasteiger partial charge >= 0.3 is 0 Å². The van der Waals surface area contributed by atoms with Gasteiger partial charge in [0.15, 0.2) is 5.82 Å². The minimum absolute atomic E-state index is 0.576. The Hall–Kier alpha value is -1.88. The van der Waals surface area contributed by atoms with Gasteiger partial charge in [-0.15, -0.1) is 0 Å². The number of benzene rings is 1. The minimum atomic E-state index is 0.576. The SMILES string of the molecule is Cc1noc(-c2ccccc2NCC2CCCCN2C)n1. The molecular formula is C16H22N4O. The first-order chi connectivity index (χ1) is 10.2. The molecule has 0 spiro atoms. The van der Waals surface area contributed by atoms with Gasteiger partial charge in [-0.25, -0.2) is 0 Å². The maximum Gasteiger partial charge on any atom is 0.260 e. The van der Waals surface area contributed by atoms with Crippen molar-refractivity contribution < 1.29 is 4.52 Å². The summed E-state index contributed by atoms with van der Waals surface area (Å²) >= 11 is 0. The second-order valence-electron chi connectivity index (χ2n) is 5.70. The van der Waals surface area contributed by atoms with Crippen LogP contribution in [-0.2, 0) is 0 Å². The number of nitrogens with zero attached hydrogens (tertiary/aromatic N) is 3. The first-order valence-corrected chi connectivity index (χ1v) is 7.58. The highest BCUT2D eigenvalue weighted by Crippen LogP contribution is 2.27. The van der Waals surface area contributed by atoms with Gasteiger partial charge in [0, 0.05) is 18.3 Å². The third-order valence-corrected chi connectivity index (χ3v) is 4.13. The number of hydrogen-bond acceptors (Lipinski definition) is 5. The van der Waals surface area contributed by atoms with Crippen LogP contribution in [0.3, 0.4) is 0 Å². The zero-order valence-electron chi connectivity index (χ0n) is 12.7. The lowest BCUT2D eigenvalue weighted by molar-refractivity contribution is 0.194. The smallest absolute Gasteiger partial charge is 0.260 e. The highest BCUT2D eigenvalue weighted by molar-refractivity contribution is 5.72. The third kappa shape index (κ3) is 3.24. The number of likely N-dealkylation sites (N-methyl/N-ethyl adjacent to an activating group) is 1. The molecule has 3 rings (SSSR count). The molecule has 5 heteroatoms. The molecule has 1 aromatic heterocycles. The number of rotatable bonds is 4. The summed E-state index contributed by atoms with van der Waals surface area (Å²) in [6, 6.07) is 8.69. The van der Waals surface area contributed by atoms with E-state index in [4.69, 9.17) is 4.52 Å². The van der Waals surface area contributed by atoms with Crippen LogP contribution in [0, 0.1) is 6.92 Å². The Morgan fingerprint density at radius 3 is 2.95 bits per heavy atom. The molecule has 1 saturated heterocycles. The number of aromatic nitrogens is 2. The van der Waals surface area contributed by atoms with Crippen LogP contribution in [0.15, 0.2) is 28.8 Å². The summed E-state index contributed by atoms with van der Waals surface area (Å²) in [7, 11) is 2.21. The molecule has 1 N–H and O–H groups in total. The Kier molecular flexibility index (Phi) is 4.20. The Morgan fingerprint density at radius 1 is 1.33 bits per heavy atom. The van der Waals surface area contributed by atoms with E-state index in [-0.39, 0.29) is 0 Å². The van der Waals surface area contributed by atoms with E-state index in [0.29, 0.717) is 17.8 Å². The van der Waals surface area contributed by atoms with Crippen molar-refractivity contribution in [2.45, 2.75) is 32.2 Å². The molecular weight excluding hydrogens is 264 g/mol. The molecule has 0 aliphatic carbocycles. The second-order valence-corrected chi connectivity index (χ2v) is 5.70. The van der Waals surface area contributed by atoms with Crippen molar-refractivity contribution in [2.24, 2.45) is 0 Å². The zero-order chi connectivity index (χ0) is 14.7. The Morgan fingerprint density at radius 2 is 2.19 bits per heavy atom. The summed E-state index contributed by atoms with van der Waals surface area (Å²) in [6.45, 7) is 3.97. The quantitative estimate of drug-likeness (QED) is 0.936. The molecule has 1 fully saturated rings. The average Bonchev–Trinajstić information content (AvgIpc) is 2.93. The van der Waals surface area contributed by atoms with Crippen LogP contribution in [0.5, 0.6) is 0 Å². The number of hydrogen-bond donors (Lipinski definition) is 1. The van der Waals surface area contributed by atoms with Crippen LogP contribution >= 0.6 is 0 Å². The van der Waals surface area contributed by atoms with Gasteiger partial charge in [0.1, 0.15) is 0 Å². The fraction of sp³-hybridized carbons (Fsp3) is 0.500. The predicted molar refractivity (Wildman–Crippen MR) is 83.2 cm³/mol. The molecule has 5 nitrogen and oxygen atoms in total. The summed E-state index contributed by atoms with van der Waals surface area (Å²) < 4.78 is 5.29. The molecule has 2 heterocycles. The number of likely N-dealkylation sites (tertiary alicyclic amines) is 1. The van der Waals surface area contributed by atoms with Crippen molar-refractivity contribution >= 4 is 5.69 Å². The lowest BCUT2D eigenvalue weighted by Gasteiger charge is -2.32. The van der Waals surface area contributed by atoms with Crippen LogP contribution in [-0.4, -0.2) is 41.2 Å². The summed E-state index contributed by atoms with van der Waals surface area (Å²) in [5, 5.41) is 7.43. The molecule has 2 aromatic rings. The molecule has 1 aromatic carbocycles. The molecule has 0 bridgehead atoms. The van der Waals surface area contributed by atoms with Crippen LogP contribution in [0.1, 0.15) is 25.1 Å². The van der Waals surface area contributed by atoms with Gasteiger partial charge in [0.2, 0.25) is 0 Å². The summed E-state index contributed by atoms with van der Waals surface area (Å²) in [6.07, 6.45) is 3.89. The van der Waals surface area contributed by atoms with E-state index >= 15 is 0 Å². The Balaban J connectivity index is 1.73. The lowest BCUT2D eigenvalue weighted by Crippen LogP contribution is -2.40. The monoisotopic (exact) mass is 286 g/mol. The number of nitrogens with one attached hydrogen (secondary N) is 1.